The summed E-state index contributed by atoms with van der Waals surface area (Å²) in [6, 6.07) is 15.7. The molecule has 0 spiro atoms. The van der Waals surface area contributed by atoms with Crippen molar-refractivity contribution < 1.29 is 9.47 Å². The molecule has 1 fully saturated rings. The number of benzene rings is 1. The average Bonchev–Trinajstić information content (AvgIpc) is 3.37. The van der Waals surface area contributed by atoms with Gasteiger partial charge in [0.25, 0.3) is 0 Å². The maximum atomic E-state index is 6.21. The molecule has 10 heteroatoms. The zero-order chi connectivity index (χ0) is 26.3. The van der Waals surface area contributed by atoms with Crippen molar-refractivity contribution in [3.05, 3.63) is 65.6 Å². The second-order valence-corrected chi connectivity index (χ2v) is 18.8. The Morgan fingerprint density at radius 3 is 2.51 bits per heavy atom. The molecule has 1 aliphatic carbocycles. The van der Waals surface area contributed by atoms with Crippen LogP contribution in [0.25, 0.3) is 5.65 Å². The molecule has 0 radical (unpaired) electrons. The van der Waals surface area contributed by atoms with Gasteiger partial charge in [0, 0.05) is 7.05 Å². The summed E-state index contributed by atoms with van der Waals surface area (Å²) in [5.41, 5.74) is 5.53. The third-order valence-electron chi connectivity index (χ3n) is 7.27. The van der Waals surface area contributed by atoms with Gasteiger partial charge in [-0.25, -0.2) is 5.12 Å². The van der Waals surface area contributed by atoms with Crippen LogP contribution >= 0.6 is 0 Å². The summed E-state index contributed by atoms with van der Waals surface area (Å²) in [4.78, 5) is 0. The first-order chi connectivity index (χ1) is 17.6. The summed E-state index contributed by atoms with van der Waals surface area (Å²) in [5.74, 6) is 1.90. The molecule has 5 rings (SSSR count). The molecule has 2 aliphatic rings. The van der Waals surface area contributed by atoms with E-state index < -0.39 is 13.7 Å². The second kappa shape index (κ2) is 9.83. The summed E-state index contributed by atoms with van der Waals surface area (Å²) >= 11 is 0. The Labute approximate surface area is 220 Å². The Hall–Kier alpha value is -2.79. The predicted octanol–water partition coefficient (Wildman–Crippen LogP) is 4.24. The van der Waals surface area contributed by atoms with Crippen LogP contribution in [-0.4, -0.2) is 59.1 Å². The summed E-state index contributed by atoms with van der Waals surface area (Å²) in [6.07, 6.45) is 4.00. The van der Waals surface area contributed by atoms with E-state index in [9.17, 15) is 0 Å². The minimum atomic E-state index is -1.40. The van der Waals surface area contributed by atoms with E-state index >= 15 is 0 Å². The molecule has 1 aliphatic heterocycles. The van der Waals surface area contributed by atoms with Crippen molar-refractivity contribution in [3.63, 3.8) is 0 Å². The van der Waals surface area contributed by atoms with Crippen LogP contribution in [0.3, 0.4) is 0 Å². The fraction of sp³-hybridized carbons (Fsp3) is 0.519. The van der Waals surface area contributed by atoms with Gasteiger partial charge < -0.3 is 0 Å². The Morgan fingerprint density at radius 2 is 1.81 bits per heavy atom. The summed E-state index contributed by atoms with van der Waals surface area (Å²) in [6.45, 7) is 13.0. The van der Waals surface area contributed by atoms with E-state index in [0.29, 0.717) is 6.54 Å². The fourth-order valence-corrected chi connectivity index (χ4v) is 5.69. The molecule has 0 bridgehead atoms. The van der Waals surface area contributed by atoms with Crippen LogP contribution in [-0.2, 0) is 27.0 Å². The first-order valence-electron chi connectivity index (χ1n) is 13.3. The summed E-state index contributed by atoms with van der Waals surface area (Å²) < 4.78 is 14.2. The number of hydrazine groups is 2. The molecule has 3 heterocycles. The number of nitrogens with zero attached hydrogens (tertiary/aromatic N) is 6. The zero-order valence-corrected chi connectivity index (χ0v) is 24.1. The predicted molar refractivity (Wildman–Crippen MR) is 149 cm³/mol. The van der Waals surface area contributed by atoms with Gasteiger partial charge in [0.2, 0.25) is 0 Å². The Bertz CT molecular complexity index is 1260. The molecule has 3 aromatic rings. The Balaban J connectivity index is 1.37. The van der Waals surface area contributed by atoms with Gasteiger partial charge in [-0.05, 0) is 5.56 Å². The molecule has 0 amide bonds. The number of amidine groups is 1. The van der Waals surface area contributed by atoms with E-state index in [1.54, 1.807) is 5.12 Å². The third kappa shape index (κ3) is 5.43. The molecule has 200 valence electrons. The van der Waals surface area contributed by atoms with Gasteiger partial charge in [0.05, 0.1) is 6.54 Å². The van der Waals surface area contributed by atoms with Crippen LogP contribution in [0.4, 0.5) is 0 Å². The van der Waals surface area contributed by atoms with E-state index in [-0.39, 0.29) is 12.2 Å². The topological polar surface area (TPSA) is 79.5 Å². The van der Waals surface area contributed by atoms with Crippen LogP contribution in [0, 0.1) is 0 Å². The van der Waals surface area contributed by atoms with Gasteiger partial charge in [-0.3, -0.25) is 5.01 Å². The first kappa shape index (κ1) is 25.8. The second-order valence-electron chi connectivity index (χ2n) is 12.3. The number of hydrogen-bond acceptors (Lipinski definition) is 8. The quantitative estimate of drug-likeness (QED) is 0.229. The van der Waals surface area contributed by atoms with Crippen molar-refractivity contribution >= 4 is 19.6 Å². The molecule has 0 unspecified atom stereocenters. The van der Waals surface area contributed by atoms with E-state index in [1.165, 1.54) is 5.56 Å². The monoisotopic (exact) mass is 522 g/mol. The van der Waals surface area contributed by atoms with Crippen molar-refractivity contribution in [1.29, 1.82) is 0 Å². The van der Waals surface area contributed by atoms with Gasteiger partial charge in [0.15, 0.2) is 0 Å². The SMILES string of the molecule is CN1N=C(C2(c3nnc4c(C(C)(C)OCOCC[SiH-](C)(C)C)cccn34)CC2)N(Cc2ccccc2)N1. The third-order valence-corrected chi connectivity index (χ3v) is 9.24. The molecule has 0 saturated heterocycles. The fourth-order valence-electron chi connectivity index (χ4n) is 4.82. The molecule has 0 atom stereocenters. The van der Waals surface area contributed by atoms with Gasteiger partial charge in [-0.1, -0.05) is 30.3 Å². The first-order valence-corrected chi connectivity index (χ1v) is 17.6. The van der Waals surface area contributed by atoms with E-state index in [2.05, 4.69) is 83.9 Å². The molecule has 37 heavy (non-hydrogen) atoms. The number of aromatic nitrogens is 3. The molecule has 9 nitrogen and oxygen atoms in total. The van der Waals surface area contributed by atoms with Gasteiger partial charge >= 0.3 is 150 Å². The number of fused-ring (bicyclic) bond motifs is 1. The minimum absolute atomic E-state index is 0.261. The van der Waals surface area contributed by atoms with Crippen molar-refractivity contribution in [2.45, 2.75) is 69.9 Å². The molecule has 1 N–H and O–H groups in total. The Morgan fingerprint density at radius 1 is 1.05 bits per heavy atom. The van der Waals surface area contributed by atoms with Crippen LogP contribution in [0.15, 0.2) is 53.8 Å². The summed E-state index contributed by atoms with van der Waals surface area (Å²) in [5, 5.41) is 18.1. The van der Waals surface area contributed by atoms with E-state index in [4.69, 9.17) is 19.7 Å². The van der Waals surface area contributed by atoms with Crippen LogP contribution < -0.4 is 5.53 Å². The van der Waals surface area contributed by atoms with Crippen molar-refractivity contribution in [3.8, 4) is 0 Å². The van der Waals surface area contributed by atoms with Crippen molar-refractivity contribution in [2.75, 3.05) is 20.4 Å². The van der Waals surface area contributed by atoms with Gasteiger partial charge in [-0.2, -0.15) is 0 Å². The smallest absolute Gasteiger partial charge is 0.270 e. The van der Waals surface area contributed by atoms with E-state index in [1.807, 2.05) is 25.4 Å². The molecule has 1 saturated carbocycles. The maximum absolute atomic E-state index is 6.21. The van der Waals surface area contributed by atoms with Crippen LogP contribution in [0.5, 0.6) is 0 Å². The number of pyridine rings is 1. The molecule has 2 aromatic heterocycles. The summed E-state index contributed by atoms with van der Waals surface area (Å²) in [7, 11) is 0.522. The number of hydrazone groups is 1. The molecular weight excluding hydrogens is 482 g/mol. The van der Waals surface area contributed by atoms with Gasteiger partial charge in [-0.15, -0.1) is 10.6 Å². The van der Waals surface area contributed by atoms with Crippen LogP contribution in [0.2, 0.25) is 25.7 Å². The number of ether oxygens (including phenoxy) is 2. The zero-order valence-electron chi connectivity index (χ0n) is 22.9. The van der Waals surface area contributed by atoms with Crippen molar-refractivity contribution in [1.82, 2.24) is 30.3 Å². The molecular formula is C27H40N7O2Si-. The number of rotatable bonds is 11. The normalized spacial score (nSPS) is 17.9. The average molecular weight is 523 g/mol. The molecule has 1 aromatic carbocycles. The van der Waals surface area contributed by atoms with Crippen LogP contribution in [0.1, 0.15) is 43.6 Å². The number of hydrogen-bond donors (Lipinski definition) is 1. The standard InChI is InChI=1S/C27H40N7O2Si/c1-26(2,36-20-35-17-18-37(4,5)6)22-13-10-16-33-23(22)28-29-24(33)27(14-15-27)25-30-32(3)31-34(25)19-21-11-8-7-9-12-21/h7-13,16,31,37H,14-15,17-20H2,1-6H3/q-1. The number of nitrogens with one attached hydrogen (secondary N) is 1. The minimum Gasteiger partial charge on any atom is -0.270 e. The van der Waals surface area contributed by atoms with E-state index in [0.717, 1.165) is 48.4 Å². The van der Waals surface area contributed by atoms with Crippen molar-refractivity contribution in [2.24, 2.45) is 5.10 Å². The van der Waals surface area contributed by atoms with Gasteiger partial charge in [0.1, 0.15) is 0 Å². The Kier molecular flexibility index (Phi) is 6.86.